The predicted molar refractivity (Wildman–Crippen MR) is 75.5 cm³/mol. The van der Waals surface area contributed by atoms with Crippen LogP contribution in [0.15, 0.2) is 0 Å². The predicted octanol–water partition coefficient (Wildman–Crippen LogP) is 1.38. The van der Waals surface area contributed by atoms with Crippen molar-refractivity contribution in [3.8, 4) is 0 Å². The Kier molecular flexibility index (Phi) is 5.39. The number of carbonyl (C=O) groups excluding carboxylic acids is 1. The van der Waals surface area contributed by atoms with Gasteiger partial charge in [0, 0.05) is 25.2 Å². The van der Waals surface area contributed by atoms with Crippen LogP contribution in [0.4, 0.5) is 4.79 Å². The standard InChI is InChI=1S/C14H26N2O4/c1-10-5-7-15(9-11(10)17)13(20)16(14(2,3)4)8-6-12(18)19/h10-11,17H,5-9H2,1-4H3,(H,18,19). The van der Waals surface area contributed by atoms with Gasteiger partial charge >= 0.3 is 12.0 Å². The van der Waals surface area contributed by atoms with Crippen molar-refractivity contribution in [2.45, 2.75) is 52.2 Å². The first-order valence-corrected chi connectivity index (χ1v) is 7.09. The lowest BCUT2D eigenvalue weighted by Gasteiger charge is -2.42. The highest BCUT2D eigenvalue weighted by Gasteiger charge is 2.34. The van der Waals surface area contributed by atoms with Gasteiger partial charge in [-0.1, -0.05) is 6.92 Å². The lowest BCUT2D eigenvalue weighted by Crippen LogP contribution is -2.56. The van der Waals surface area contributed by atoms with E-state index >= 15 is 0 Å². The Hall–Kier alpha value is -1.30. The number of amides is 2. The zero-order valence-electron chi connectivity index (χ0n) is 12.8. The van der Waals surface area contributed by atoms with E-state index in [9.17, 15) is 14.7 Å². The number of carboxylic acid groups (broad SMARTS) is 1. The van der Waals surface area contributed by atoms with Gasteiger partial charge in [0.05, 0.1) is 12.5 Å². The molecule has 0 spiro atoms. The summed E-state index contributed by atoms with van der Waals surface area (Å²) in [5.41, 5.74) is -0.444. The molecule has 1 aliphatic heterocycles. The van der Waals surface area contributed by atoms with Crippen LogP contribution in [0.2, 0.25) is 0 Å². The highest BCUT2D eigenvalue weighted by Crippen LogP contribution is 2.22. The summed E-state index contributed by atoms with van der Waals surface area (Å²) in [6.07, 6.45) is 0.189. The average Bonchev–Trinajstić information content (AvgIpc) is 2.30. The Bertz CT molecular complexity index is 365. The molecule has 2 unspecified atom stereocenters. The van der Waals surface area contributed by atoms with Crippen molar-refractivity contribution in [1.29, 1.82) is 0 Å². The number of piperidine rings is 1. The molecular formula is C14H26N2O4. The fourth-order valence-corrected chi connectivity index (χ4v) is 2.32. The monoisotopic (exact) mass is 286 g/mol. The maximum Gasteiger partial charge on any atom is 0.320 e. The van der Waals surface area contributed by atoms with E-state index in [2.05, 4.69) is 0 Å². The number of urea groups is 1. The van der Waals surface area contributed by atoms with Gasteiger partial charge in [-0.25, -0.2) is 4.79 Å². The Labute approximate surface area is 120 Å². The average molecular weight is 286 g/mol. The molecule has 1 fully saturated rings. The van der Waals surface area contributed by atoms with Crippen LogP contribution < -0.4 is 0 Å². The first kappa shape index (κ1) is 16.8. The van der Waals surface area contributed by atoms with Crippen LogP contribution in [0.25, 0.3) is 0 Å². The van der Waals surface area contributed by atoms with Crippen LogP contribution in [0.3, 0.4) is 0 Å². The van der Waals surface area contributed by atoms with Crippen molar-refractivity contribution >= 4 is 12.0 Å². The van der Waals surface area contributed by atoms with Crippen LogP contribution in [0, 0.1) is 5.92 Å². The Morgan fingerprint density at radius 1 is 1.35 bits per heavy atom. The quantitative estimate of drug-likeness (QED) is 0.821. The number of hydrogen-bond acceptors (Lipinski definition) is 3. The number of aliphatic hydroxyl groups excluding tert-OH is 1. The second-order valence-electron chi connectivity index (χ2n) is 6.53. The summed E-state index contributed by atoms with van der Waals surface area (Å²) in [4.78, 5) is 26.5. The van der Waals surface area contributed by atoms with Crippen LogP contribution in [0.1, 0.15) is 40.5 Å². The molecule has 0 aromatic carbocycles. The Morgan fingerprint density at radius 3 is 2.40 bits per heavy atom. The third-order valence-corrected chi connectivity index (χ3v) is 3.78. The summed E-state index contributed by atoms with van der Waals surface area (Å²) in [5, 5.41) is 18.7. The van der Waals surface area contributed by atoms with E-state index in [0.29, 0.717) is 13.1 Å². The molecule has 1 saturated heterocycles. The number of likely N-dealkylation sites (tertiary alicyclic amines) is 1. The molecule has 2 amide bonds. The molecule has 1 rings (SSSR count). The Morgan fingerprint density at radius 2 is 1.95 bits per heavy atom. The molecule has 1 aliphatic rings. The van der Waals surface area contributed by atoms with Crippen LogP contribution in [0.5, 0.6) is 0 Å². The van der Waals surface area contributed by atoms with E-state index in [1.807, 2.05) is 27.7 Å². The smallest absolute Gasteiger partial charge is 0.320 e. The summed E-state index contributed by atoms with van der Waals surface area (Å²) in [6, 6.07) is -0.190. The van der Waals surface area contributed by atoms with Gasteiger partial charge in [-0.2, -0.15) is 0 Å². The molecule has 0 saturated carbocycles. The largest absolute Gasteiger partial charge is 0.481 e. The number of rotatable bonds is 3. The first-order chi connectivity index (χ1) is 9.12. The number of aliphatic hydroxyl groups is 1. The van der Waals surface area contributed by atoms with Crippen molar-refractivity contribution in [1.82, 2.24) is 9.80 Å². The first-order valence-electron chi connectivity index (χ1n) is 7.09. The summed E-state index contributed by atoms with van der Waals surface area (Å²) < 4.78 is 0. The minimum Gasteiger partial charge on any atom is -0.481 e. The molecule has 2 N–H and O–H groups in total. The van der Waals surface area contributed by atoms with Crippen LogP contribution in [-0.2, 0) is 4.79 Å². The molecule has 1 heterocycles. The molecule has 116 valence electrons. The normalized spacial score (nSPS) is 23.6. The van der Waals surface area contributed by atoms with Crippen molar-refractivity contribution in [3.05, 3.63) is 0 Å². The molecule has 0 aromatic heterocycles. The summed E-state index contributed by atoms with van der Waals surface area (Å²) in [7, 11) is 0. The van der Waals surface area contributed by atoms with Gasteiger partial charge in [0.15, 0.2) is 0 Å². The molecular weight excluding hydrogens is 260 g/mol. The molecule has 0 radical (unpaired) electrons. The van der Waals surface area contributed by atoms with E-state index in [-0.39, 0.29) is 24.9 Å². The van der Waals surface area contributed by atoms with Gasteiger partial charge in [0.2, 0.25) is 0 Å². The molecule has 2 atom stereocenters. The SMILES string of the molecule is CC1CCN(C(=O)N(CCC(=O)O)C(C)(C)C)CC1O. The number of nitrogens with zero attached hydrogens (tertiary/aromatic N) is 2. The second-order valence-corrected chi connectivity index (χ2v) is 6.53. The summed E-state index contributed by atoms with van der Waals surface area (Å²) in [5.74, 6) is -0.722. The lowest BCUT2D eigenvalue weighted by atomic mass is 9.96. The number of aliphatic carboxylic acids is 1. The molecule has 0 bridgehead atoms. The van der Waals surface area contributed by atoms with Crippen LogP contribution >= 0.6 is 0 Å². The van der Waals surface area contributed by atoms with Crippen LogP contribution in [-0.4, -0.2) is 63.3 Å². The lowest BCUT2D eigenvalue weighted by molar-refractivity contribution is -0.137. The maximum atomic E-state index is 12.6. The minimum absolute atomic E-state index is 0.0736. The van der Waals surface area contributed by atoms with E-state index < -0.39 is 17.6 Å². The number of β-amino-alcohol motifs (C(OH)–C–C–N with tert-alkyl or cyclic N) is 1. The van der Waals surface area contributed by atoms with Crippen molar-refractivity contribution in [2.75, 3.05) is 19.6 Å². The van der Waals surface area contributed by atoms with E-state index in [0.717, 1.165) is 6.42 Å². The molecule has 20 heavy (non-hydrogen) atoms. The van der Waals surface area contributed by atoms with Crippen molar-refractivity contribution < 1.29 is 19.8 Å². The van der Waals surface area contributed by atoms with E-state index in [4.69, 9.17) is 5.11 Å². The third kappa shape index (κ3) is 4.37. The van der Waals surface area contributed by atoms with Gasteiger partial charge in [-0.15, -0.1) is 0 Å². The zero-order chi connectivity index (χ0) is 15.5. The fraction of sp³-hybridized carbons (Fsp3) is 0.857. The highest BCUT2D eigenvalue weighted by atomic mass is 16.4. The van der Waals surface area contributed by atoms with E-state index in [1.165, 1.54) is 0 Å². The van der Waals surface area contributed by atoms with Gasteiger partial charge in [-0.05, 0) is 33.1 Å². The second kappa shape index (κ2) is 6.43. The number of hydrogen-bond donors (Lipinski definition) is 2. The maximum absolute atomic E-state index is 12.6. The van der Waals surface area contributed by atoms with Crippen molar-refractivity contribution in [2.24, 2.45) is 5.92 Å². The van der Waals surface area contributed by atoms with Gasteiger partial charge in [-0.3, -0.25) is 4.79 Å². The highest BCUT2D eigenvalue weighted by molar-refractivity contribution is 5.76. The number of carboxylic acids is 1. The third-order valence-electron chi connectivity index (χ3n) is 3.78. The summed E-state index contributed by atoms with van der Waals surface area (Å²) in [6.45, 7) is 8.73. The number of carbonyl (C=O) groups is 2. The molecule has 6 nitrogen and oxygen atoms in total. The zero-order valence-corrected chi connectivity index (χ0v) is 12.8. The summed E-state index contributed by atoms with van der Waals surface area (Å²) >= 11 is 0. The molecule has 0 aliphatic carbocycles. The van der Waals surface area contributed by atoms with E-state index in [1.54, 1.807) is 9.80 Å². The topological polar surface area (TPSA) is 81.1 Å². The molecule has 6 heteroatoms. The van der Waals surface area contributed by atoms with Gasteiger partial charge in [0.25, 0.3) is 0 Å². The Balaban J connectivity index is 2.75. The van der Waals surface area contributed by atoms with Gasteiger partial charge in [0.1, 0.15) is 0 Å². The van der Waals surface area contributed by atoms with Crippen molar-refractivity contribution in [3.63, 3.8) is 0 Å². The minimum atomic E-state index is -0.917. The fourth-order valence-electron chi connectivity index (χ4n) is 2.32. The molecule has 0 aromatic rings. The van der Waals surface area contributed by atoms with Gasteiger partial charge < -0.3 is 20.0 Å².